The van der Waals surface area contributed by atoms with Crippen LogP contribution < -0.4 is 5.32 Å². The summed E-state index contributed by atoms with van der Waals surface area (Å²) in [4.78, 5) is 0. The fourth-order valence-electron chi connectivity index (χ4n) is 1.55. The van der Waals surface area contributed by atoms with Crippen molar-refractivity contribution in [1.82, 2.24) is 0 Å². The van der Waals surface area contributed by atoms with Crippen molar-refractivity contribution in [3.63, 3.8) is 0 Å². The van der Waals surface area contributed by atoms with Crippen molar-refractivity contribution in [3.8, 4) is 0 Å². The van der Waals surface area contributed by atoms with E-state index in [2.05, 4.69) is 21.2 Å². The van der Waals surface area contributed by atoms with Crippen LogP contribution in [0, 0.1) is 0 Å². The first kappa shape index (κ1) is 16.3. The van der Waals surface area contributed by atoms with E-state index in [-0.39, 0.29) is 5.69 Å². The molecule has 1 N–H and O–H groups in total. The molecular formula is C13H17BrF3NO. The minimum Gasteiger partial charge on any atom is -0.384 e. The molecule has 0 unspecified atom stereocenters. The summed E-state index contributed by atoms with van der Waals surface area (Å²) in [6.07, 6.45) is -2.74. The molecule has 1 aromatic carbocycles. The Hall–Kier alpha value is -0.750. The first-order valence-electron chi connectivity index (χ1n) is 6.13. The molecule has 0 aliphatic rings. The Morgan fingerprint density at radius 1 is 1.26 bits per heavy atom. The number of anilines is 1. The van der Waals surface area contributed by atoms with Crippen LogP contribution in [0.4, 0.5) is 18.9 Å². The second-order valence-electron chi connectivity index (χ2n) is 4.08. The quantitative estimate of drug-likeness (QED) is 0.727. The van der Waals surface area contributed by atoms with Gasteiger partial charge >= 0.3 is 6.18 Å². The molecule has 1 aromatic rings. The third kappa shape index (κ3) is 5.82. The molecule has 1 rings (SSSR count). The summed E-state index contributed by atoms with van der Waals surface area (Å²) in [5.41, 5.74) is -0.553. The van der Waals surface area contributed by atoms with E-state index < -0.39 is 11.7 Å². The molecule has 0 heterocycles. The average molecular weight is 340 g/mol. The molecule has 19 heavy (non-hydrogen) atoms. The van der Waals surface area contributed by atoms with Crippen LogP contribution in [-0.2, 0) is 10.9 Å². The number of rotatable bonds is 7. The van der Waals surface area contributed by atoms with E-state index in [1.54, 1.807) is 6.07 Å². The largest absolute Gasteiger partial charge is 0.418 e. The molecule has 2 nitrogen and oxygen atoms in total. The third-order valence-corrected chi connectivity index (χ3v) is 2.91. The SMILES string of the molecule is CCCOCCCNc1ccc(Br)cc1C(F)(F)F. The van der Waals surface area contributed by atoms with Gasteiger partial charge in [0.1, 0.15) is 0 Å². The molecule has 0 atom stereocenters. The van der Waals surface area contributed by atoms with Gasteiger partial charge in [0.05, 0.1) is 5.56 Å². The molecule has 0 saturated carbocycles. The van der Waals surface area contributed by atoms with E-state index in [0.717, 1.165) is 12.5 Å². The molecule has 6 heteroatoms. The smallest absolute Gasteiger partial charge is 0.384 e. The van der Waals surface area contributed by atoms with E-state index in [1.165, 1.54) is 6.07 Å². The fraction of sp³-hybridized carbons (Fsp3) is 0.538. The van der Waals surface area contributed by atoms with E-state index in [1.807, 2.05) is 6.92 Å². The van der Waals surface area contributed by atoms with E-state index >= 15 is 0 Å². The van der Waals surface area contributed by atoms with Gasteiger partial charge in [-0.25, -0.2) is 0 Å². The van der Waals surface area contributed by atoms with Crippen LogP contribution in [0.5, 0.6) is 0 Å². The first-order valence-corrected chi connectivity index (χ1v) is 6.92. The van der Waals surface area contributed by atoms with Crippen LogP contribution in [0.2, 0.25) is 0 Å². The Bertz CT molecular complexity index is 396. The molecule has 0 spiro atoms. The number of nitrogens with one attached hydrogen (secondary N) is 1. The molecular weight excluding hydrogens is 323 g/mol. The molecule has 0 bridgehead atoms. The molecule has 0 aliphatic carbocycles. The third-order valence-electron chi connectivity index (χ3n) is 2.42. The fourth-order valence-corrected chi connectivity index (χ4v) is 1.91. The highest BCUT2D eigenvalue weighted by Crippen LogP contribution is 2.36. The normalized spacial score (nSPS) is 11.6. The molecule has 108 valence electrons. The van der Waals surface area contributed by atoms with Crippen LogP contribution in [0.25, 0.3) is 0 Å². The van der Waals surface area contributed by atoms with Gasteiger partial charge in [-0.05, 0) is 31.0 Å². The summed E-state index contributed by atoms with van der Waals surface area (Å²) in [5.74, 6) is 0. The standard InChI is InChI=1S/C13H17BrF3NO/c1-2-7-19-8-3-6-18-12-5-4-10(14)9-11(12)13(15,16)17/h4-5,9,18H,2-3,6-8H2,1H3. The van der Waals surface area contributed by atoms with Gasteiger partial charge in [0.15, 0.2) is 0 Å². The van der Waals surface area contributed by atoms with Crippen LogP contribution in [0.3, 0.4) is 0 Å². The van der Waals surface area contributed by atoms with Gasteiger partial charge in [-0.1, -0.05) is 22.9 Å². The zero-order valence-corrected chi connectivity index (χ0v) is 12.3. The molecule has 0 fully saturated rings. The minimum absolute atomic E-state index is 0.103. The van der Waals surface area contributed by atoms with E-state index in [0.29, 0.717) is 30.7 Å². The van der Waals surface area contributed by atoms with Crippen molar-refractivity contribution in [2.75, 3.05) is 25.1 Å². The van der Waals surface area contributed by atoms with Crippen LogP contribution >= 0.6 is 15.9 Å². The maximum atomic E-state index is 12.8. The van der Waals surface area contributed by atoms with Crippen molar-refractivity contribution in [1.29, 1.82) is 0 Å². The highest BCUT2D eigenvalue weighted by molar-refractivity contribution is 9.10. The Morgan fingerprint density at radius 2 is 2.00 bits per heavy atom. The highest BCUT2D eigenvalue weighted by Gasteiger charge is 2.33. The summed E-state index contributed by atoms with van der Waals surface area (Å²) in [5, 5.41) is 2.80. The van der Waals surface area contributed by atoms with Crippen molar-refractivity contribution in [3.05, 3.63) is 28.2 Å². The second kappa shape index (κ2) is 7.75. The average Bonchev–Trinajstić information content (AvgIpc) is 2.34. The van der Waals surface area contributed by atoms with Crippen molar-refractivity contribution < 1.29 is 17.9 Å². The lowest BCUT2D eigenvalue weighted by molar-refractivity contribution is -0.137. The summed E-state index contributed by atoms with van der Waals surface area (Å²) >= 11 is 3.05. The van der Waals surface area contributed by atoms with Crippen molar-refractivity contribution in [2.24, 2.45) is 0 Å². The number of alkyl halides is 3. The monoisotopic (exact) mass is 339 g/mol. The molecule has 0 aliphatic heterocycles. The van der Waals surface area contributed by atoms with Gasteiger partial charge < -0.3 is 10.1 Å². The summed E-state index contributed by atoms with van der Waals surface area (Å²) in [6, 6.07) is 4.10. The van der Waals surface area contributed by atoms with Gasteiger partial charge in [0, 0.05) is 29.9 Å². The Morgan fingerprint density at radius 3 is 2.63 bits per heavy atom. The zero-order valence-electron chi connectivity index (χ0n) is 10.7. The molecule has 0 radical (unpaired) electrons. The van der Waals surface area contributed by atoms with E-state index in [4.69, 9.17) is 4.74 Å². The topological polar surface area (TPSA) is 21.3 Å². The summed E-state index contributed by atoms with van der Waals surface area (Å²) < 4.78 is 44.1. The van der Waals surface area contributed by atoms with Gasteiger partial charge in [0.2, 0.25) is 0 Å². The number of ether oxygens (including phenoxy) is 1. The van der Waals surface area contributed by atoms with Gasteiger partial charge in [-0.3, -0.25) is 0 Å². The number of benzene rings is 1. The maximum Gasteiger partial charge on any atom is 0.418 e. The second-order valence-corrected chi connectivity index (χ2v) is 5.00. The summed E-state index contributed by atoms with van der Waals surface area (Å²) in [7, 11) is 0. The van der Waals surface area contributed by atoms with Gasteiger partial charge in [-0.2, -0.15) is 13.2 Å². The minimum atomic E-state index is -4.36. The predicted molar refractivity (Wildman–Crippen MR) is 73.4 cm³/mol. The molecule has 0 aromatic heterocycles. The Kier molecular flexibility index (Phi) is 6.65. The Labute approximate surface area is 119 Å². The number of hydrogen-bond donors (Lipinski definition) is 1. The number of halogens is 4. The summed E-state index contributed by atoms with van der Waals surface area (Å²) in [6.45, 7) is 3.70. The first-order chi connectivity index (χ1) is 8.95. The lowest BCUT2D eigenvalue weighted by atomic mass is 10.1. The predicted octanol–water partition coefficient (Wildman–Crippen LogP) is 4.70. The van der Waals surface area contributed by atoms with Crippen LogP contribution in [0.15, 0.2) is 22.7 Å². The lowest BCUT2D eigenvalue weighted by Gasteiger charge is -2.15. The molecule has 0 amide bonds. The maximum absolute atomic E-state index is 12.8. The van der Waals surface area contributed by atoms with Crippen molar-refractivity contribution in [2.45, 2.75) is 25.9 Å². The van der Waals surface area contributed by atoms with Crippen LogP contribution in [-0.4, -0.2) is 19.8 Å². The molecule has 0 saturated heterocycles. The Balaban J connectivity index is 2.54. The van der Waals surface area contributed by atoms with Gasteiger partial charge in [-0.15, -0.1) is 0 Å². The van der Waals surface area contributed by atoms with E-state index in [9.17, 15) is 13.2 Å². The highest BCUT2D eigenvalue weighted by atomic mass is 79.9. The zero-order chi connectivity index (χ0) is 14.3. The van der Waals surface area contributed by atoms with Crippen LogP contribution in [0.1, 0.15) is 25.3 Å². The number of hydrogen-bond acceptors (Lipinski definition) is 2. The lowest BCUT2D eigenvalue weighted by Crippen LogP contribution is -2.12. The van der Waals surface area contributed by atoms with Crippen molar-refractivity contribution >= 4 is 21.6 Å². The van der Waals surface area contributed by atoms with Gasteiger partial charge in [0.25, 0.3) is 0 Å².